The van der Waals surface area contributed by atoms with Gasteiger partial charge in [0.25, 0.3) is 0 Å². The maximum absolute atomic E-state index is 6.40. The number of nitrogens with zero attached hydrogens (tertiary/aromatic N) is 1. The van der Waals surface area contributed by atoms with Gasteiger partial charge in [0.2, 0.25) is 7.65 Å². The van der Waals surface area contributed by atoms with E-state index >= 15 is 0 Å². The Bertz CT molecular complexity index is 393. The van der Waals surface area contributed by atoms with Gasteiger partial charge in [-0.05, 0) is 37.9 Å². The van der Waals surface area contributed by atoms with E-state index in [0.717, 1.165) is 32.2 Å². The largest absolute Gasteiger partial charge is 0.342 e. The van der Waals surface area contributed by atoms with Crippen LogP contribution >= 0.6 is 18.9 Å². The smallest absolute Gasteiger partial charge is 0.207 e. The minimum Gasteiger partial charge on any atom is -0.342 e. The maximum atomic E-state index is 6.40. The van der Waals surface area contributed by atoms with E-state index < -0.39 is 13.4 Å². The molecule has 4 fully saturated rings. The number of rotatable bonds is 1. The molecule has 4 rings (SSSR count). The first-order valence-corrected chi connectivity index (χ1v) is 9.60. The predicted molar refractivity (Wildman–Crippen MR) is 75.3 cm³/mol. The van der Waals surface area contributed by atoms with Gasteiger partial charge in [-0.2, -0.15) is 0 Å². The fourth-order valence-corrected chi connectivity index (χ4v) is 5.84. The van der Waals surface area contributed by atoms with Gasteiger partial charge >= 0.3 is 0 Å². The van der Waals surface area contributed by atoms with Gasteiger partial charge in [-0.1, -0.05) is 0 Å². The lowest BCUT2D eigenvalue weighted by Crippen LogP contribution is -2.47. The van der Waals surface area contributed by atoms with E-state index in [2.05, 4.69) is 18.5 Å². The zero-order valence-corrected chi connectivity index (χ0v) is 13.5. The molecule has 5 atom stereocenters. The summed E-state index contributed by atoms with van der Waals surface area (Å²) < 4.78 is 26.5. The van der Waals surface area contributed by atoms with Gasteiger partial charge in [0.05, 0.1) is 0 Å². The summed E-state index contributed by atoms with van der Waals surface area (Å²) >= 11 is 6.40. The van der Waals surface area contributed by atoms with E-state index in [-0.39, 0.29) is 24.6 Å². The van der Waals surface area contributed by atoms with E-state index in [1.807, 2.05) is 0 Å². The van der Waals surface area contributed by atoms with Crippen LogP contribution in [0.5, 0.6) is 0 Å². The Hall–Kier alpha value is 0.520. The zero-order chi connectivity index (χ0) is 13.9. The lowest BCUT2D eigenvalue weighted by Gasteiger charge is -2.40. The minimum atomic E-state index is -1.08. The second kappa shape index (κ2) is 5.02. The minimum absolute atomic E-state index is 0.00338. The lowest BCUT2D eigenvalue weighted by molar-refractivity contribution is -0.230. The molecule has 3 heterocycles. The van der Waals surface area contributed by atoms with Gasteiger partial charge in [-0.25, -0.2) is 4.67 Å². The Morgan fingerprint density at radius 1 is 1.20 bits per heavy atom. The van der Waals surface area contributed by atoms with Crippen LogP contribution in [0.1, 0.15) is 39.5 Å². The van der Waals surface area contributed by atoms with Gasteiger partial charge in [-0.15, -0.1) is 0 Å². The first-order valence-electron chi connectivity index (χ1n) is 7.48. The molecule has 0 aromatic carbocycles. The van der Waals surface area contributed by atoms with E-state index in [9.17, 15) is 0 Å². The normalized spacial score (nSPS) is 47.1. The molecule has 20 heavy (non-hydrogen) atoms. The second-order valence-corrected chi connectivity index (χ2v) is 8.42. The quantitative estimate of drug-likeness (QED) is 0.694. The van der Waals surface area contributed by atoms with Crippen molar-refractivity contribution < 1.29 is 18.7 Å². The highest BCUT2D eigenvalue weighted by molar-refractivity contribution is 7.78. The Labute approximate surface area is 125 Å². The average Bonchev–Trinajstić information content (AvgIpc) is 3.05. The molecular formula is C13H21ClNO4P. The van der Waals surface area contributed by atoms with E-state index in [0.29, 0.717) is 6.04 Å². The number of ether oxygens (including phenoxy) is 3. The first kappa shape index (κ1) is 14.1. The molecule has 0 aromatic heterocycles. The van der Waals surface area contributed by atoms with Crippen LogP contribution in [0.4, 0.5) is 0 Å². The molecule has 3 aliphatic heterocycles. The van der Waals surface area contributed by atoms with Crippen molar-refractivity contribution in [3.63, 3.8) is 0 Å². The fraction of sp³-hybridized carbons (Fsp3) is 1.00. The molecular weight excluding hydrogens is 301 g/mol. The number of hydrogen-bond acceptors (Lipinski definition) is 5. The van der Waals surface area contributed by atoms with Crippen LogP contribution in [0.15, 0.2) is 0 Å². The highest BCUT2D eigenvalue weighted by Gasteiger charge is 2.61. The third-order valence-corrected chi connectivity index (χ3v) is 6.96. The molecule has 0 aromatic rings. The summed E-state index contributed by atoms with van der Waals surface area (Å²) in [6.45, 7) is 5.04. The summed E-state index contributed by atoms with van der Waals surface area (Å²) in [6.07, 6.45) is 3.78. The molecule has 5 nitrogen and oxygen atoms in total. The average molecular weight is 322 g/mol. The standard InChI is InChI=1S/C13H21ClNO4P/c1-8(2)15-7-9-10(19-20(15)14)11-12(16-9)18-13(17-11)5-3-4-6-13/h8-12H,3-7H2,1-2H3/t9-,10+,11-,12-,20?/m1/s1. The Morgan fingerprint density at radius 3 is 2.65 bits per heavy atom. The third kappa shape index (κ3) is 2.14. The van der Waals surface area contributed by atoms with Crippen LogP contribution in [-0.2, 0) is 18.7 Å². The SMILES string of the molecule is CC(C)N1C[C@H]2O[C@@H]3OC4(CCCC4)O[C@@H]3[C@H]2OP1Cl. The summed E-state index contributed by atoms with van der Waals surface area (Å²) in [6, 6.07) is 0.353. The van der Waals surface area contributed by atoms with Crippen molar-refractivity contribution in [1.82, 2.24) is 4.67 Å². The first-order chi connectivity index (χ1) is 9.58. The Kier molecular flexibility index (Phi) is 3.55. The van der Waals surface area contributed by atoms with E-state index in [1.165, 1.54) is 0 Å². The lowest BCUT2D eigenvalue weighted by atomic mass is 10.1. The van der Waals surface area contributed by atoms with Crippen molar-refractivity contribution in [2.45, 2.75) is 76.0 Å². The third-order valence-electron chi connectivity index (χ3n) is 4.69. The molecule has 1 aliphatic carbocycles. The maximum Gasteiger partial charge on any atom is 0.207 e. The summed E-state index contributed by atoms with van der Waals surface area (Å²) in [5, 5.41) is 0. The molecule has 114 valence electrons. The van der Waals surface area contributed by atoms with Gasteiger partial charge in [0.1, 0.15) is 18.3 Å². The van der Waals surface area contributed by atoms with Crippen LogP contribution in [-0.4, -0.2) is 47.6 Å². The van der Waals surface area contributed by atoms with Crippen LogP contribution in [0.25, 0.3) is 0 Å². The molecule has 1 unspecified atom stereocenters. The fourth-order valence-electron chi connectivity index (χ4n) is 3.62. The molecule has 0 radical (unpaired) electrons. The highest BCUT2D eigenvalue weighted by Crippen LogP contribution is 2.57. The molecule has 1 saturated carbocycles. The van der Waals surface area contributed by atoms with Crippen LogP contribution in [0.2, 0.25) is 0 Å². The molecule has 4 aliphatic rings. The zero-order valence-electron chi connectivity index (χ0n) is 11.8. The molecule has 1 spiro atoms. The van der Waals surface area contributed by atoms with Gasteiger partial charge in [0.15, 0.2) is 12.1 Å². The van der Waals surface area contributed by atoms with Crippen molar-refractivity contribution >= 4 is 18.9 Å². The second-order valence-electron chi connectivity index (χ2n) is 6.37. The summed E-state index contributed by atoms with van der Waals surface area (Å²) in [5.74, 6) is -0.409. The van der Waals surface area contributed by atoms with E-state index in [1.54, 1.807) is 0 Å². The Balaban J connectivity index is 1.49. The summed E-state index contributed by atoms with van der Waals surface area (Å²) in [4.78, 5) is 0. The van der Waals surface area contributed by atoms with Crippen molar-refractivity contribution in [2.24, 2.45) is 0 Å². The van der Waals surface area contributed by atoms with Crippen LogP contribution in [0, 0.1) is 0 Å². The van der Waals surface area contributed by atoms with Gasteiger partial charge in [-0.3, -0.25) is 0 Å². The van der Waals surface area contributed by atoms with Crippen molar-refractivity contribution in [1.29, 1.82) is 0 Å². The van der Waals surface area contributed by atoms with Crippen LogP contribution < -0.4 is 0 Å². The van der Waals surface area contributed by atoms with Crippen molar-refractivity contribution in [3.8, 4) is 0 Å². The number of hydrogen-bond donors (Lipinski definition) is 0. The monoisotopic (exact) mass is 321 g/mol. The molecule has 3 saturated heterocycles. The predicted octanol–water partition coefficient (Wildman–Crippen LogP) is 2.97. The Morgan fingerprint density at radius 2 is 1.95 bits per heavy atom. The molecule has 0 N–H and O–H groups in total. The van der Waals surface area contributed by atoms with Crippen LogP contribution in [0.3, 0.4) is 0 Å². The molecule has 0 amide bonds. The van der Waals surface area contributed by atoms with Crippen molar-refractivity contribution in [3.05, 3.63) is 0 Å². The summed E-state index contributed by atoms with van der Waals surface area (Å²) in [5.41, 5.74) is 0. The van der Waals surface area contributed by atoms with Gasteiger partial charge < -0.3 is 18.7 Å². The topological polar surface area (TPSA) is 40.2 Å². The summed E-state index contributed by atoms with van der Waals surface area (Å²) in [7, 11) is -1.08. The van der Waals surface area contributed by atoms with Gasteiger partial charge in [0, 0.05) is 25.4 Å². The number of halogens is 1. The number of fused-ring (bicyclic) bond motifs is 3. The highest BCUT2D eigenvalue weighted by atomic mass is 35.7. The van der Waals surface area contributed by atoms with E-state index in [4.69, 9.17) is 30.0 Å². The molecule has 0 bridgehead atoms. The van der Waals surface area contributed by atoms with Crippen molar-refractivity contribution in [2.75, 3.05) is 6.54 Å². The molecule has 7 heteroatoms.